The van der Waals surface area contributed by atoms with Crippen LogP contribution in [0.5, 0.6) is 0 Å². The first-order chi connectivity index (χ1) is 6.22. The Bertz CT molecular complexity index is 136. The lowest BCUT2D eigenvalue weighted by Gasteiger charge is -2.10. The number of ether oxygens (including phenoxy) is 3. The zero-order valence-electron chi connectivity index (χ0n) is 8.54. The zero-order valence-corrected chi connectivity index (χ0v) is 8.54. The van der Waals surface area contributed by atoms with Crippen LogP contribution in [0.25, 0.3) is 0 Å². The highest BCUT2D eigenvalue weighted by atomic mass is 16.6. The van der Waals surface area contributed by atoms with E-state index >= 15 is 0 Å². The lowest BCUT2D eigenvalue weighted by Crippen LogP contribution is -2.23. The van der Waals surface area contributed by atoms with Crippen LogP contribution in [0.2, 0.25) is 0 Å². The molecule has 4 nitrogen and oxygen atoms in total. The van der Waals surface area contributed by atoms with Gasteiger partial charge in [0.1, 0.15) is 0 Å². The maximum Gasteiger partial charge on any atom is 0.334 e. The Morgan fingerprint density at radius 2 is 2.00 bits per heavy atom. The third-order valence-corrected chi connectivity index (χ3v) is 1.48. The summed E-state index contributed by atoms with van der Waals surface area (Å²) < 4.78 is 14.8. The van der Waals surface area contributed by atoms with Crippen molar-refractivity contribution >= 4 is 5.97 Å². The summed E-state index contributed by atoms with van der Waals surface area (Å²) in [5.74, 6) is -0.351. The Kier molecular flexibility index (Phi) is 7.63. The van der Waals surface area contributed by atoms with E-state index in [9.17, 15) is 4.79 Å². The van der Waals surface area contributed by atoms with Gasteiger partial charge in [-0.25, -0.2) is 4.79 Å². The second kappa shape index (κ2) is 8.01. The van der Waals surface area contributed by atoms with Gasteiger partial charge in [0.15, 0.2) is 6.10 Å². The normalized spacial score (nSPS) is 12.5. The van der Waals surface area contributed by atoms with E-state index in [2.05, 4.69) is 4.74 Å². The van der Waals surface area contributed by atoms with Crippen LogP contribution in [0, 0.1) is 0 Å². The van der Waals surface area contributed by atoms with Gasteiger partial charge in [-0.05, 0) is 13.3 Å². The van der Waals surface area contributed by atoms with Gasteiger partial charge in [0.05, 0.1) is 20.3 Å². The molecular formula is C9H18O4. The molecule has 0 saturated heterocycles. The molecule has 0 heterocycles. The standard InChI is InChI=1S/C9H18O4/c1-4-5-12-6-7-13-8(2)9(10)11-3/h8H,4-7H2,1-3H3/t8-/m1/s1. The molecule has 0 rings (SSSR count). The molecule has 0 fully saturated rings. The molecule has 0 amide bonds. The van der Waals surface area contributed by atoms with E-state index in [1.807, 2.05) is 6.92 Å². The lowest BCUT2D eigenvalue weighted by molar-refractivity contribution is -0.153. The van der Waals surface area contributed by atoms with Crippen molar-refractivity contribution in [2.24, 2.45) is 0 Å². The molecule has 0 aromatic rings. The molecule has 0 aliphatic carbocycles. The molecule has 13 heavy (non-hydrogen) atoms. The van der Waals surface area contributed by atoms with Crippen LogP contribution in [-0.2, 0) is 19.0 Å². The molecule has 0 radical (unpaired) electrons. The first-order valence-electron chi connectivity index (χ1n) is 4.49. The third-order valence-electron chi connectivity index (χ3n) is 1.48. The molecule has 0 spiro atoms. The molecule has 0 N–H and O–H groups in total. The van der Waals surface area contributed by atoms with Crippen molar-refractivity contribution in [3.8, 4) is 0 Å². The second-order valence-corrected chi connectivity index (χ2v) is 2.65. The molecule has 0 bridgehead atoms. The number of carbonyl (C=O) groups excluding carboxylic acids is 1. The molecule has 0 aliphatic rings. The minimum atomic E-state index is -0.504. The van der Waals surface area contributed by atoms with Gasteiger partial charge in [0, 0.05) is 6.61 Å². The molecular weight excluding hydrogens is 172 g/mol. The Morgan fingerprint density at radius 1 is 1.31 bits per heavy atom. The number of hydrogen-bond donors (Lipinski definition) is 0. The summed E-state index contributed by atoms with van der Waals surface area (Å²) in [5, 5.41) is 0. The number of carbonyl (C=O) groups is 1. The van der Waals surface area contributed by atoms with Gasteiger partial charge in [-0.2, -0.15) is 0 Å². The van der Waals surface area contributed by atoms with Crippen molar-refractivity contribution in [3.63, 3.8) is 0 Å². The van der Waals surface area contributed by atoms with E-state index in [1.54, 1.807) is 6.92 Å². The fourth-order valence-electron chi connectivity index (χ4n) is 0.764. The number of hydrogen-bond acceptors (Lipinski definition) is 4. The third kappa shape index (κ3) is 6.54. The van der Waals surface area contributed by atoms with Crippen LogP contribution in [0.3, 0.4) is 0 Å². The SMILES string of the molecule is CCCOCCO[C@H](C)C(=O)OC. The van der Waals surface area contributed by atoms with Crippen LogP contribution in [0.15, 0.2) is 0 Å². The summed E-state index contributed by atoms with van der Waals surface area (Å²) >= 11 is 0. The summed E-state index contributed by atoms with van der Waals surface area (Å²) in [6, 6.07) is 0. The number of esters is 1. The van der Waals surface area contributed by atoms with Crippen molar-refractivity contribution < 1.29 is 19.0 Å². The monoisotopic (exact) mass is 190 g/mol. The van der Waals surface area contributed by atoms with E-state index in [-0.39, 0.29) is 5.97 Å². The van der Waals surface area contributed by atoms with Gasteiger partial charge in [-0.15, -0.1) is 0 Å². The maximum atomic E-state index is 10.8. The minimum absolute atomic E-state index is 0.351. The Morgan fingerprint density at radius 3 is 2.54 bits per heavy atom. The van der Waals surface area contributed by atoms with E-state index in [4.69, 9.17) is 9.47 Å². The summed E-state index contributed by atoms with van der Waals surface area (Å²) in [4.78, 5) is 10.8. The van der Waals surface area contributed by atoms with Crippen LogP contribution < -0.4 is 0 Å². The van der Waals surface area contributed by atoms with Crippen LogP contribution in [0.4, 0.5) is 0 Å². The van der Waals surface area contributed by atoms with E-state index in [1.165, 1.54) is 7.11 Å². The van der Waals surface area contributed by atoms with E-state index in [0.29, 0.717) is 13.2 Å². The molecule has 4 heteroatoms. The maximum absolute atomic E-state index is 10.8. The summed E-state index contributed by atoms with van der Waals surface area (Å²) in [7, 11) is 1.34. The molecule has 1 atom stereocenters. The predicted octanol–water partition coefficient (Wildman–Crippen LogP) is 0.991. The average Bonchev–Trinajstić information content (AvgIpc) is 2.16. The Labute approximate surface area is 79.2 Å². The number of methoxy groups -OCH3 is 1. The Balaban J connectivity index is 3.26. The van der Waals surface area contributed by atoms with Gasteiger partial charge in [0.2, 0.25) is 0 Å². The largest absolute Gasteiger partial charge is 0.467 e. The van der Waals surface area contributed by atoms with Gasteiger partial charge in [0.25, 0.3) is 0 Å². The van der Waals surface area contributed by atoms with Crippen molar-refractivity contribution in [3.05, 3.63) is 0 Å². The average molecular weight is 190 g/mol. The van der Waals surface area contributed by atoms with Crippen molar-refractivity contribution in [2.45, 2.75) is 26.4 Å². The molecule has 0 unspecified atom stereocenters. The van der Waals surface area contributed by atoms with E-state index < -0.39 is 6.10 Å². The number of rotatable bonds is 7. The van der Waals surface area contributed by atoms with Gasteiger partial charge in [-0.3, -0.25) is 0 Å². The fraction of sp³-hybridized carbons (Fsp3) is 0.889. The van der Waals surface area contributed by atoms with Gasteiger partial charge < -0.3 is 14.2 Å². The van der Waals surface area contributed by atoms with Crippen molar-refractivity contribution in [1.29, 1.82) is 0 Å². The summed E-state index contributed by atoms with van der Waals surface area (Å²) in [6.45, 7) is 5.38. The van der Waals surface area contributed by atoms with Crippen molar-refractivity contribution in [1.82, 2.24) is 0 Å². The highest BCUT2D eigenvalue weighted by molar-refractivity contribution is 5.73. The zero-order chi connectivity index (χ0) is 10.1. The molecule has 0 aromatic carbocycles. The predicted molar refractivity (Wildman–Crippen MR) is 48.5 cm³/mol. The Hall–Kier alpha value is -0.610. The van der Waals surface area contributed by atoms with Gasteiger partial charge >= 0.3 is 5.97 Å². The van der Waals surface area contributed by atoms with Crippen molar-refractivity contribution in [2.75, 3.05) is 26.9 Å². The summed E-state index contributed by atoms with van der Waals surface area (Å²) in [5.41, 5.74) is 0. The first kappa shape index (κ1) is 12.4. The minimum Gasteiger partial charge on any atom is -0.467 e. The van der Waals surface area contributed by atoms with Gasteiger partial charge in [-0.1, -0.05) is 6.92 Å². The topological polar surface area (TPSA) is 44.8 Å². The first-order valence-corrected chi connectivity index (χ1v) is 4.49. The highest BCUT2D eigenvalue weighted by Crippen LogP contribution is 1.93. The molecule has 78 valence electrons. The summed E-state index contributed by atoms with van der Waals surface area (Å²) in [6.07, 6.45) is 0.488. The van der Waals surface area contributed by atoms with Crippen LogP contribution in [0.1, 0.15) is 20.3 Å². The fourth-order valence-corrected chi connectivity index (χ4v) is 0.764. The second-order valence-electron chi connectivity index (χ2n) is 2.65. The van der Waals surface area contributed by atoms with Crippen LogP contribution >= 0.6 is 0 Å². The molecule has 0 saturated carbocycles. The molecule has 0 aromatic heterocycles. The smallest absolute Gasteiger partial charge is 0.334 e. The highest BCUT2D eigenvalue weighted by Gasteiger charge is 2.12. The van der Waals surface area contributed by atoms with Crippen LogP contribution in [-0.4, -0.2) is 39.0 Å². The lowest BCUT2D eigenvalue weighted by atomic mass is 10.4. The molecule has 0 aliphatic heterocycles. The van der Waals surface area contributed by atoms with E-state index in [0.717, 1.165) is 13.0 Å². The quantitative estimate of drug-likeness (QED) is 0.443.